The SMILES string of the molecule is CC1(C)CC1C(=O)Nc1ccc(Oc2ccccc2)cc1. The van der Waals surface area contributed by atoms with Crippen molar-refractivity contribution in [2.45, 2.75) is 20.3 Å². The summed E-state index contributed by atoms with van der Waals surface area (Å²) in [7, 11) is 0. The number of para-hydroxylation sites is 1. The van der Waals surface area contributed by atoms with Crippen molar-refractivity contribution in [3.05, 3.63) is 54.6 Å². The number of amides is 1. The number of carbonyl (C=O) groups is 1. The topological polar surface area (TPSA) is 38.3 Å². The fraction of sp³-hybridized carbons (Fsp3) is 0.278. The minimum Gasteiger partial charge on any atom is -0.457 e. The van der Waals surface area contributed by atoms with Gasteiger partial charge < -0.3 is 10.1 Å². The third-order valence-electron chi connectivity index (χ3n) is 3.93. The zero-order valence-electron chi connectivity index (χ0n) is 12.3. The van der Waals surface area contributed by atoms with Gasteiger partial charge >= 0.3 is 0 Å². The number of anilines is 1. The number of hydrogen-bond donors (Lipinski definition) is 1. The first-order valence-corrected chi connectivity index (χ1v) is 7.18. The van der Waals surface area contributed by atoms with E-state index in [4.69, 9.17) is 4.74 Å². The van der Waals surface area contributed by atoms with Crippen molar-refractivity contribution in [2.75, 3.05) is 5.32 Å². The molecule has 0 spiro atoms. The summed E-state index contributed by atoms with van der Waals surface area (Å²) in [6, 6.07) is 17.1. The van der Waals surface area contributed by atoms with Crippen molar-refractivity contribution in [1.29, 1.82) is 0 Å². The molecular formula is C18H19NO2. The zero-order valence-corrected chi connectivity index (χ0v) is 12.3. The van der Waals surface area contributed by atoms with Crippen molar-refractivity contribution in [2.24, 2.45) is 11.3 Å². The molecule has 1 aliphatic rings. The van der Waals surface area contributed by atoms with Crippen LogP contribution < -0.4 is 10.1 Å². The van der Waals surface area contributed by atoms with Gasteiger partial charge in [-0.05, 0) is 48.2 Å². The summed E-state index contributed by atoms with van der Waals surface area (Å²) in [6.07, 6.45) is 0.966. The molecule has 1 fully saturated rings. The molecule has 0 bridgehead atoms. The molecule has 1 atom stereocenters. The number of carbonyl (C=O) groups excluding carboxylic acids is 1. The Labute approximate surface area is 124 Å². The van der Waals surface area contributed by atoms with Gasteiger partial charge in [0.25, 0.3) is 0 Å². The summed E-state index contributed by atoms with van der Waals surface area (Å²) in [6.45, 7) is 4.24. The molecule has 1 aliphatic carbocycles. The normalized spacial score (nSPS) is 18.9. The fourth-order valence-corrected chi connectivity index (χ4v) is 2.38. The predicted molar refractivity (Wildman–Crippen MR) is 83.5 cm³/mol. The highest BCUT2D eigenvalue weighted by molar-refractivity contribution is 5.95. The minimum atomic E-state index is 0.108. The first-order chi connectivity index (χ1) is 10.0. The Morgan fingerprint density at radius 3 is 2.19 bits per heavy atom. The quantitative estimate of drug-likeness (QED) is 0.898. The Morgan fingerprint density at radius 2 is 1.62 bits per heavy atom. The van der Waals surface area contributed by atoms with Gasteiger partial charge in [0, 0.05) is 11.6 Å². The summed E-state index contributed by atoms with van der Waals surface area (Å²) in [5, 5.41) is 2.96. The highest BCUT2D eigenvalue weighted by atomic mass is 16.5. The Kier molecular flexibility index (Phi) is 3.42. The van der Waals surface area contributed by atoms with Gasteiger partial charge in [-0.15, -0.1) is 0 Å². The fourth-order valence-electron chi connectivity index (χ4n) is 2.38. The second-order valence-electron chi connectivity index (χ2n) is 6.17. The monoisotopic (exact) mass is 281 g/mol. The first kappa shape index (κ1) is 13.7. The second-order valence-corrected chi connectivity index (χ2v) is 6.17. The number of nitrogens with one attached hydrogen (secondary N) is 1. The van der Waals surface area contributed by atoms with Gasteiger partial charge in [-0.2, -0.15) is 0 Å². The van der Waals surface area contributed by atoms with E-state index in [-0.39, 0.29) is 17.2 Å². The third kappa shape index (κ3) is 3.24. The summed E-state index contributed by atoms with van der Waals surface area (Å²) >= 11 is 0. The molecule has 0 saturated heterocycles. The van der Waals surface area contributed by atoms with Crippen molar-refractivity contribution >= 4 is 11.6 Å². The van der Waals surface area contributed by atoms with E-state index in [0.29, 0.717) is 0 Å². The Morgan fingerprint density at radius 1 is 1.05 bits per heavy atom. The average Bonchev–Trinajstić information content (AvgIpc) is 3.11. The van der Waals surface area contributed by atoms with E-state index in [0.717, 1.165) is 23.6 Å². The van der Waals surface area contributed by atoms with E-state index >= 15 is 0 Å². The van der Waals surface area contributed by atoms with Crippen LogP contribution in [-0.4, -0.2) is 5.91 Å². The standard InChI is InChI=1S/C18H19NO2/c1-18(2)12-16(18)17(20)19-13-8-10-15(11-9-13)21-14-6-4-3-5-7-14/h3-11,16H,12H2,1-2H3,(H,19,20). The first-order valence-electron chi connectivity index (χ1n) is 7.18. The number of ether oxygens (including phenoxy) is 1. The van der Waals surface area contributed by atoms with Crippen molar-refractivity contribution in [3.8, 4) is 11.5 Å². The Balaban J connectivity index is 1.61. The lowest BCUT2D eigenvalue weighted by Crippen LogP contribution is -2.16. The van der Waals surface area contributed by atoms with Crippen molar-refractivity contribution in [3.63, 3.8) is 0 Å². The molecule has 0 radical (unpaired) electrons. The number of rotatable bonds is 4. The second kappa shape index (κ2) is 5.24. The van der Waals surface area contributed by atoms with Crippen LogP contribution in [0.1, 0.15) is 20.3 Å². The highest BCUT2D eigenvalue weighted by Gasteiger charge is 2.50. The van der Waals surface area contributed by atoms with E-state index < -0.39 is 0 Å². The molecule has 1 N–H and O–H groups in total. The number of benzene rings is 2. The van der Waals surface area contributed by atoms with Gasteiger partial charge in [0.15, 0.2) is 0 Å². The van der Waals surface area contributed by atoms with Crippen molar-refractivity contribution < 1.29 is 9.53 Å². The summed E-state index contributed by atoms with van der Waals surface area (Å²) in [5.74, 6) is 1.80. The van der Waals surface area contributed by atoms with Gasteiger partial charge in [-0.3, -0.25) is 4.79 Å². The molecule has 3 rings (SSSR count). The maximum absolute atomic E-state index is 12.0. The van der Waals surface area contributed by atoms with Crippen LogP contribution in [0, 0.1) is 11.3 Å². The van der Waals surface area contributed by atoms with Gasteiger partial charge in [0.2, 0.25) is 5.91 Å². The van der Waals surface area contributed by atoms with E-state index in [9.17, 15) is 4.79 Å². The summed E-state index contributed by atoms with van der Waals surface area (Å²) < 4.78 is 5.72. The predicted octanol–water partition coefficient (Wildman–Crippen LogP) is 4.46. The van der Waals surface area contributed by atoms with Crippen LogP contribution in [0.25, 0.3) is 0 Å². The average molecular weight is 281 g/mol. The van der Waals surface area contributed by atoms with E-state index in [2.05, 4.69) is 19.2 Å². The summed E-state index contributed by atoms with van der Waals surface area (Å²) in [5.41, 5.74) is 0.962. The molecular weight excluding hydrogens is 262 g/mol. The lowest BCUT2D eigenvalue weighted by molar-refractivity contribution is -0.118. The molecule has 2 aromatic rings. The Bertz CT molecular complexity index is 632. The number of hydrogen-bond acceptors (Lipinski definition) is 2. The molecule has 3 heteroatoms. The van der Waals surface area contributed by atoms with E-state index in [1.54, 1.807) is 0 Å². The molecule has 2 aromatic carbocycles. The van der Waals surface area contributed by atoms with Gasteiger partial charge in [0.05, 0.1) is 0 Å². The molecule has 0 aliphatic heterocycles. The van der Waals surface area contributed by atoms with Crippen LogP contribution in [0.15, 0.2) is 54.6 Å². The van der Waals surface area contributed by atoms with Crippen LogP contribution >= 0.6 is 0 Å². The van der Waals surface area contributed by atoms with Gasteiger partial charge in [-0.1, -0.05) is 32.0 Å². The minimum absolute atomic E-state index is 0.108. The van der Waals surface area contributed by atoms with Crippen molar-refractivity contribution in [1.82, 2.24) is 0 Å². The lowest BCUT2D eigenvalue weighted by atomic mass is 10.1. The molecule has 1 amide bonds. The maximum Gasteiger partial charge on any atom is 0.228 e. The molecule has 0 aromatic heterocycles. The van der Waals surface area contributed by atoms with Crippen LogP contribution in [0.5, 0.6) is 11.5 Å². The van der Waals surface area contributed by atoms with Crippen LogP contribution in [0.4, 0.5) is 5.69 Å². The maximum atomic E-state index is 12.0. The molecule has 3 nitrogen and oxygen atoms in total. The van der Waals surface area contributed by atoms with Crippen LogP contribution in [0.3, 0.4) is 0 Å². The molecule has 108 valence electrons. The molecule has 0 heterocycles. The van der Waals surface area contributed by atoms with E-state index in [1.807, 2.05) is 54.6 Å². The zero-order chi connectivity index (χ0) is 14.9. The Hall–Kier alpha value is -2.29. The van der Waals surface area contributed by atoms with Gasteiger partial charge in [-0.25, -0.2) is 0 Å². The highest BCUT2D eigenvalue weighted by Crippen LogP contribution is 2.52. The van der Waals surface area contributed by atoms with Crippen LogP contribution in [0.2, 0.25) is 0 Å². The third-order valence-corrected chi connectivity index (χ3v) is 3.93. The molecule has 1 unspecified atom stereocenters. The van der Waals surface area contributed by atoms with Gasteiger partial charge in [0.1, 0.15) is 11.5 Å². The van der Waals surface area contributed by atoms with Crippen LogP contribution in [-0.2, 0) is 4.79 Å². The largest absolute Gasteiger partial charge is 0.457 e. The van der Waals surface area contributed by atoms with E-state index in [1.165, 1.54) is 0 Å². The lowest BCUT2D eigenvalue weighted by Gasteiger charge is -2.08. The smallest absolute Gasteiger partial charge is 0.228 e. The molecule has 1 saturated carbocycles. The summed E-state index contributed by atoms with van der Waals surface area (Å²) in [4.78, 5) is 12.0. The molecule has 21 heavy (non-hydrogen) atoms.